The Balaban J connectivity index is 1.76. The summed E-state index contributed by atoms with van der Waals surface area (Å²) >= 11 is 1.13. The number of nitrogens with two attached hydrogens (primary N) is 1. The van der Waals surface area contributed by atoms with E-state index in [0.717, 1.165) is 16.9 Å². The molecular formula is C17H18N6O3S. The van der Waals surface area contributed by atoms with Crippen LogP contribution in [0.15, 0.2) is 24.4 Å². The fourth-order valence-corrected chi connectivity index (χ4v) is 3.23. The van der Waals surface area contributed by atoms with Gasteiger partial charge in [0.05, 0.1) is 11.9 Å². The number of nitrogens with zero attached hydrogens (tertiary/aromatic N) is 3. The molecule has 0 aliphatic rings. The molecule has 2 amide bonds. The van der Waals surface area contributed by atoms with Gasteiger partial charge in [0.2, 0.25) is 0 Å². The summed E-state index contributed by atoms with van der Waals surface area (Å²) in [4.78, 5) is 28.3. The first kappa shape index (κ1) is 18.4. The van der Waals surface area contributed by atoms with Crippen LogP contribution in [-0.4, -0.2) is 31.7 Å². The summed E-state index contributed by atoms with van der Waals surface area (Å²) < 4.78 is 1.36. The van der Waals surface area contributed by atoms with Crippen molar-refractivity contribution in [2.24, 2.45) is 12.8 Å². The number of primary amides is 1. The van der Waals surface area contributed by atoms with Gasteiger partial charge in [-0.15, -0.1) is 0 Å². The number of rotatable bonds is 5. The van der Waals surface area contributed by atoms with E-state index in [1.54, 1.807) is 26.1 Å². The van der Waals surface area contributed by atoms with Crippen LogP contribution in [-0.2, 0) is 7.05 Å². The van der Waals surface area contributed by atoms with Crippen LogP contribution in [0.4, 0.5) is 16.6 Å². The second-order valence-electron chi connectivity index (χ2n) is 5.91. The third-order valence-corrected chi connectivity index (χ3v) is 4.89. The maximum atomic E-state index is 12.5. The Hall–Kier alpha value is -3.40. The van der Waals surface area contributed by atoms with Crippen LogP contribution in [0.3, 0.4) is 0 Å². The number of benzene rings is 1. The zero-order valence-electron chi connectivity index (χ0n) is 14.9. The molecule has 0 fully saturated rings. The maximum absolute atomic E-state index is 12.5. The molecule has 3 aromatic rings. The maximum Gasteiger partial charge on any atom is 0.267 e. The molecule has 0 saturated carbocycles. The number of aromatic hydroxyl groups is 1. The normalized spacial score (nSPS) is 10.6. The zero-order valence-corrected chi connectivity index (χ0v) is 15.7. The van der Waals surface area contributed by atoms with Gasteiger partial charge in [-0.05, 0) is 25.5 Å². The fraction of sp³-hybridized carbons (Fsp3) is 0.176. The SMILES string of the molecule is Cc1ccc(O)c(C)c1NC(=O)c1cnc(Nc2cc(C(N)=O)n(C)n2)s1. The van der Waals surface area contributed by atoms with Gasteiger partial charge in [-0.2, -0.15) is 5.10 Å². The molecule has 0 unspecified atom stereocenters. The number of hydrogen-bond donors (Lipinski definition) is 4. The van der Waals surface area contributed by atoms with Crippen molar-refractivity contribution in [2.45, 2.75) is 13.8 Å². The molecule has 0 aliphatic carbocycles. The van der Waals surface area contributed by atoms with Crippen molar-refractivity contribution >= 4 is 39.8 Å². The Morgan fingerprint density at radius 3 is 2.70 bits per heavy atom. The topological polar surface area (TPSA) is 135 Å². The Morgan fingerprint density at radius 1 is 1.30 bits per heavy atom. The Morgan fingerprint density at radius 2 is 2.04 bits per heavy atom. The predicted molar refractivity (Wildman–Crippen MR) is 103 cm³/mol. The van der Waals surface area contributed by atoms with E-state index < -0.39 is 5.91 Å². The smallest absolute Gasteiger partial charge is 0.267 e. The van der Waals surface area contributed by atoms with Gasteiger partial charge in [-0.1, -0.05) is 17.4 Å². The van der Waals surface area contributed by atoms with Gasteiger partial charge in [0.25, 0.3) is 11.8 Å². The van der Waals surface area contributed by atoms with Crippen LogP contribution < -0.4 is 16.4 Å². The molecular weight excluding hydrogens is 368 g/mol. The van der Waals surface area contributed by atoms with E-state index in [1.165, 1.54) is 16.9 Å². The van der Waals surface area contributed by atoms with Crippen LogP contribution in [0.25, 0.3) is 0 Å². The number of hydrogen-bond acceptors (Lipinski definition) is 7. The van der Waals surface area contributed by atoms with E-state index in [2.05, 4.69) is 20.7 Å². The lowest BCUT2D eigenvalue weighted by molar-refractivity contribution is 0.0989. The van der Waals surface area contributed by atoms with Crippen molar-refractivity contribution in [3.63, 3.8) is 0 Å². The quantitative estimate of drug-likeness (QED) is 0.531. The average Bonchev–Trinajstić information content (AvgIpc) is 3.22. The van der Waals surface area contributed by atoms with E-state index in [9.17, 15) is 14.7 Å². The van der Waals surface area contributed by atoms with Crippen LogP contribution in [0.1, 0.15) is 31.3 Å². The Bertz CT molecular complexity index is 1040. The van der Waals surface area contributed by atoms with Gasteiger partial charge in [0.1, 0.15) is 16.3 Å². The fourth-order valence-electron chi connectivity index (χ4n) is 2.51. The van der Waals surface area contributed by atoms with Crippen molar-refractivity contribution in [1.82, 2.24) is 14.8 Å². The Kier molecular flexibility index (Phi) is 4.82. The highest BCUT2D eigenvalue weighted by molar-refractivity contribution is 7.17. The van der Waals surface area contributed by atoms with Crippen molar-refractivity contribution in [3.05, 3.63) is 46.1 Å². The highest BCUT2D eigenvalue weighted by Gasteiger charge is 2.16. The summed E-state index contributed by atoms with van der Waals surface area (Å²) in [6.45, 7) is 3.58. The monoisotopic (exact) mass is 386 g/mol. The highest BCUT2D eigenvalue weighted by Crippen LogP contribution is 2.29. The van der Waals surface area contributed by atoms with E-state index in [-0.39, 0.29) is 17.4 Å². The molecule has 2 aromatic heterocycles. The van der Waals surface area contributed by atoms with Gasteiger partial charge in [-0.25, -0.2) is 4.98 Å². The average molecular weight is 386 g/mol. The first-order valence-corrected chi connectivity index (χ1v) is 8.75. The minimum atomic E-state index is -0.589. The number of phenolic OH excluding ortho intramolecular Hbond substituents is 1. The minimum Gasteiger partial charge on any atom is -0.508 e. The van der Waals surface area contributed by atoms with Gasteiger partial charge in [0, 0.05) is 18.7 Å². The first-order valence-electron chi connectivity index (χ1n) is 7.93. The van der Waals surface area contributed by atoms with E-state index >= 15 is 0 Å². The third-order valence-electron chi connectivity index (χ3n) is 3.98. The summed E-state index contributed by atoms with van der Waals surface area (Å²) in [5.74, 6) is -0.416. The van der Waals surface area contributed by atoms with E-state index in [1.807, 2.05) is 6.92 Å². The van der Waals surface area contributed by atoms with Crippen LogP contribution in [0.5, 0.6) is 5.75 Å². The number of thiazole rings is 1. The second-order valence-corrected chi connectivity index (χ2v) is 6.94. The van der Waals surface area contributed by atoms with Crippen LogP contribution in [0, 0.1) is 13.8 Å². The molecule has 0 bridgehead atoms. The minimum absolute atomic E-state index is 0.114. The summed E-state index contributed by atoms with van der Waals surface area (Å²) in [6.07, 6.45) is 1.44. The summed E-state index contributed by atoms with van der Waals surface area (Å²) in [7, 11) is 1.60. The Labute approximate surface area is 158 Å². The molecule has 3 rings (SSSR count). The molecule has 9 nitrogen and oxygen atoms in total. The molecule has 0 saturated heterocycles. The molecule has 140 valence electrons. The predicted octanol–water partition coefficient (Wildman–Crippen LogP) is 2.29. The van der Waals surface area contributed by atoms with Gasteiger partial charge >= 0.3 is 0 Å². The van der Waals surface area contributed by atoms with Gasteiger partial charge in [-0.3, -0.25) is 14.3 Å². The lowest BCUT2D eigenvalue weighted by atomic mass is 10.1. The molecule has 1 aromatic carbocycles. The van der Waals surface area contributed by atoms with Crippen molar-refractivity contribution in [3.8, 4) is 5.75 Å². The van der Waals surface area contributed by atoms with Gasteiger partial charge < -0.3 is 21.5 Å². The molecule has 5 N–H and O–H groups in total. The second kappa shape index (κ2) is 7.08. The summed E-state index contributed by atoms with van der Waals surface area (Å²) in [5.41, 5.74) is 7.52. The lowest BCUT2D eigenvalue weighted by Crippen LogP contribution is -2.15. The van der Waals surface area contributed by atoms with E-state index in [4.69, 9.17) is 5.73 Å². The number of amides is 2. The third kappa shape index (κ3) is 3.75. The van der Waals surface area contributed by atoms with Crippen molar-refractivity contribution in [1.29, 1.82) is 0 Å². The number of phenols is 1. The van der Waals surface area contributed by atoms with Crippen LogP contribution in [0.2, 0.25) is 0 Å². The molecule has 27 heavy (non-hydrogen) atoms. The number of aryl methyl sites for hydroxylation is 2. The number of aromatic nitrogens is 3. The molecule has 10 heteroatoms. The number of carbonyl (C=O) groups is 2. The standard InChI is InChI=1S/C17H18N6O3S/c1-8-4-5-11(24)9(2)14(8)21-16(26)12-7-19-17(27-12)20-13-6-10(15(18)25)23(3)22-13/h4-7,24H,1-3H3,(H2,18,25)(H,21,26)(H,19,20,22). The molecule has 0 aliphatic heterocycles. The summed E-state index contributed by atoms with van der Waals surface area (Å²) in [6, 6.07) is 4.82. The number of nitrogens with one attached hydrogen (secondary N) is 2. The molecule has 0 radical (unpaired) electrons. The van der Waals surface area contributed by atoms with Crippen LogP contribution >= 0.6 is 11.3 Å². The highest BCUT2D eigenvalue weighted by atomic mass is 32.1. The lowest BCUT2D eigenvalue weighted by Gasteiger charge is -2.11. The molecule has 2 heterocycles. The van der Waals surface area contributed by atoms with Gasteiger partial charge in [0.15, 0.2) is 10.9 Å². The molecule has 0 atom stereocenters. The largest absolute Gasteiger partial charge is 0.508 e. The summed E-state index contributed by atoms with van der Waals surface area (Å²) in [5, 5.41) is 20.1. The number of carbonyl (C=O) groups excluding carboxylic acids is 2. The zero-order chi connectivity index (χ0) is 19.7. The number of anilines is 3. The van der Waals surface area contributed by atoms with Crippen molar-refractivity contribution < 1.29 is 14.7 Å². The van der Waals surface area contributed by atoms with Crippen molar-refractivity contribution in [2.75, 3.05) is 10.6 Å². The first-order chi connectivity index (χ1) is 12.8. The molecule has 0 spiro atoms. The van der Waals surface area contributed by atoms with E-state index in [0.29, 0.717) is 27.1 Å².